The molecule has 9 heteroatoms. The number of rotatable bonds is 6. The maximum Gasteiger partial charge on any atom is 0.413 e. The molecule has 5 rings (SSSR count). The lowest BCUT2D eigenvalue weighted by molar-refractivity contribution is -0.155. The lowest BCUT2D eigenvalue weighted by atomic mass is 9.98. The van der Waals surface area contributed by atoms with E-state index in [0.717, 1.165) is 22.3 Å². The van der Waals surface area contributed by atoms with Crippen molar-refractivity contribution >= 4 is 34.4 Å². The molecule has 3 aromatic rings. The van der Waals surface area contributed by atoms with Crippen LogP contribution in [-0.2, 0) is 20.7 Å². The Morgan fingerprint density at radius 1 is 1.14 bits per heavy atom. The van der Waals surface area contributed by atoms with Gasteiger partial charge in [0.2, 0.25) is 5.91 Å². The van der Waals surface area contributed by atoms with Crippen LogP contribution in [0.25, 0.3) is 11.1 Å². The molecule has 1 saturated heterocycles. The minimum absolute atomic E-state index is 0.0221. The molecule has 2 aliphatic rings. The van der Waals surface area contributed by atoms with E-state index in [0.29, 0.717) is 30.2 Å². The third-order valence-electron chi connectivity index (χ3n) is 6.84. The van der Waals surface area contributed by atoms with Gasteiger partial charge in [-0.15, -0.1) is 11.3 Å². The second kappa shape index (κ2) is 9.14. The number of likely N-dealkylation sites (tertiary alicyclic amines) is 1. The van der Waals surface area contributed by atoms with Gasteiger partial charge >= 0.3 is 12.1 Å². The van der Waals surface area contributed by atoms with Gasteiger partial charge in [0, 0.05) is 17.8 Å². The normalized spacial score (nSPS) is 18.7. The molecule has 0 radical (unpaired) electrons. The van der Waals surface area contributed by atoms with Crippen LogP contribution in [-0.4, -0.2) is 51.7 Å². The molecule has 180 valence electrons. The predicted octanol–water partition coefficient (Wildman–Crippen LogP) is 4.51. The summed E-state index contributed by atoms with van der Waals surface area (Å²) in [5.74, 6) is -1.33. The molecular weight excluding hydrogens is 466 g/mol. The van der Waals surface area contributed by atoms with Crippen molar-refractivity contribution in [3.63, 3.8) is 0 Å². The Bertz CT molecular complexity index is 1260. The first kappa shape index (κ1) is 23.0. The summed E-state index contributed by atoms with van der Waals surface area (Å²) >= 11 is 1.19. The molecule has 2 N–H and O–H groups in total. The largest absolute Gasteiger partial charge is 0.480 e. The fraction of sp³-hybridized carbons (Fsp3) is 0.308. The van der Waals surface area contributed by atoms with Gasteiger partial charge in [0.25, 0.3) is 0 Å². The Hall–Kier alpha value is -3.72. The van der Waals surface area contributed by atoms with Crippen molar-refractivity contribution in [1.82, 2.24) is 9.88 Å². The van der Waals surface area contributed by atoms with Gasteiger partial charge in [-0.25, -0.2) is 14.6 Å². The predicted molar refractivity (Wildman–Crippen MR) is 131 cm³/mol. The molecule has 0 saturated carbocycles. The standard InChI is InChI=1S/C26H25N3O5S/c1-26(23(31)32)11-6-12-29(26)22(30)13-16-15-35-24(27-16)28-25(33)34-14-21-19-9-4-2-7-17(19)18-8-3-5-10-20(18)21/h2-5,7-10,15,21H,6,11-14H2,1H3,(H,31,32)(H,27,28,33). The number of carboxylic acids is 1. The Kier molecular flexibility index (Phi) is 6.02. The van der Waals surface area contributed by atoms with E-state index in [2.05, 4.69) is 34.6 Å². The van der Waals surface area contributed by atoms with Crippen molar-refractivity contribution in [3.05, 3.63) is 70.7 Å². The molecular formula is C26H25N3O5S. The van der Waals surface area contributed by atoms with Crippen molar-refractivity contribution in [2.24, 2.45) is 0 Å². The molecule has 0 bridgehead atoms. The quantitative estimate of drug-likeness (QED) is 0.525. The van der Waals surface area contributed by atoms with E-state index in [1.54, 1.807) is 12.3 Å². The van der Waals surface area contributed by atoms with Crippen molar-refractivity contribution in [1.29, 1.82) is 0 Å². The Labute approximate surface area is 206 Å². The van der Waals surface area contributed by atoms with Gasteiger partial charge in [-0.2, -0.15) is 0 Å². The molecule has 1 unspecified atom stereocenters. The summed E-state index contributed by atoms with van der Waals surface area (Å²) in [5.41, 5.74) is 3.87. The summed E-state index contributed by atoms with van der Waals surface area (Å²) in [6.45, 7) is 2.18. The first-order valence-electron chi connectivity index (χ1n) is 11.5. The SMILES string of the molecule is CC1(C(=O)O)CCCN1C(=O)Cc1csc(NC(=O)OCC2c3ccccc3-c3ccccc32)n1. The minimum Gasteiger partial charge on any atom is -0.480 e. The van der Waals surface area contributed by atoms with Crippen LogP contribution in [0.1, 0.15) is 42.5 Å². The number of thiazole rings is 1. The second-order valence-electron chi connectivity index (χ2n) is 9.00. The second-order valence-corrected chi connectivity index (χ2v) is 9.86. The maximum atomic E-state index is 12.7. The third kappa shape index (κ3) is 4.27. The van der Waals surface area contributed by atoms with Crippen LogP contribution in [0, 0.1) is 0 Å². The van der Waals surface area contributed by atoms with Crippen LogP contribution >= 0.6 is 11.3 Å². The van der Waals surface area contributed by atoms with Crippen molar-refractivity contribution in [2.75, 3.05) is 18.5 Å². The fourth-order valence-corrected chi connectivity index (χ4v) is 5.70. The molecule has 1 aliphatic carbocycles. The van der Waals surface area contributed by atoms with Gasteiger partial charge in [-0.1, -0.05) is 48.5 Å². The van der Waals surface area contributed by atoms with E-state index in [4.69, 9.17) is 4.74 Å². The number of fused-ring (bicyclic) bond motifs is 3. The number of ether oxygens (including phenoxy) is 1. The molecule has 2 amide bonds. The van der Waals surface area contributed by atoms with Gasteiger partial charge < -0.3 is 14.7 Å². The smallest absolute Gasteiger partial charge is 0.413 e. The number of nitrogens with one attached hydrogen (secondary N) is 1. The molecule has 1 fully saturated rings. The number of amides is 2. The number of nitrogens with zero attached hydrogens (tertiary/aromatic N) is 2. The molecule has 0 spiro atoms. The number of carbonyl (C=O) groups excluding carboxylic acids is 2. The summed E-state index contributed by atoms with van der Waals surface area (Å²) in [6, 6.07) is 16.2. The minimum atomic E-state index is -1.19. The molecule has 1 atom stereocenters. The molecule has 1 aromatic heterocycles. The van der Waals surface area contributed by atoms with Crippen molar-refractivity contribution in [3.8, 4) is 11.1 Å². The highest BCUT2D eigenvalue weighted by molar-refractivity contribution is 7.13. The average Bonchev–Trinajstić information content (AvgIpc) is 3.54. The van der Waals surface area contributed by atoms with E-state index in [1.165, 1.54) is 16.2 Å². The van der Waals surface area contributed by atoms with Crippen LogP contribution < -0.4 is 5.32 Å². The number of anilines is 1. The van der Waals surface area contributed by atoms with Crippen LogP contribution in [0.15, 0.2) is 53.9 Å². The molecule has 35 heavy (non-hydrogen) atoms. The fourth-order valence-electron chi connectivity index (χ4n) is 5.00. The molecule has 8 nitrogen and oxygen atoms in total. The Morgan fingerprint density at radius 3 is 2.46 bits per heavy atom. The first-order valence-corrected chi connectivity index (χ1v) is 12.3. The monoisotopic (exact) mass is 491 g/mol. The average molecular weight is 492 g/mol. The molecule has 1 aliphatic heterocycles. The van der Waals surface area contributed by atoms with Crippen LogP contribution in [0.5, 0.6) is 0 Å². The Morgan fingerprint density at radius 2 is 1.80 bits per heavy atom. The number of benzene rings is 2. The Balaban J connectivity index is 1.19. The molecule has 2 aromatic carbocycles. The van der Waals surface area contributed by atoms with Crippen molar-refractivity contribution in [2.45, 2.75) is 37.6 Å². The number of carbonyl (C=O) groups is 3. The van der Waals surface area contributed by atoms with Gasteiger partial charge in [-0.3, -0.25) is 10.1 Å². The van der Waals surface area contributed by atoms with Crippen LogP contribution in [0.4, 0.5) is 9.93 Å². The number of hydrogen-bond acceptors (Lipinski definition) is 6. The highest BCUT2D eigenvalue weighted by atomic mass is 32.1. The zero-order valence-electron chi connectivity index (χ0n) is 19.2. The maximum absolute atomic E-state index is 12.7. The van der Waals surface area contributed by atoms with E-state index in [1.807, 2.05) is 24.3 Å². The summed E-state index contributed by atoms with van der Waals surface area (Å²) < 4.78 is 5.55. The van der Waals surface area contributed by atoms with Gasteiger partial charge in [0.1, 0.15) is 12.1 Å². The number of hydrogen-bond donors (Lipinski definition) is 2. The van der Waals surface area contributed by atoms with E-state index >= 15 is 0 Å². The van der Waals surface area contributed by atoms with Gasteiger partial charge in [-0.05, 0) is 42.0 Å². The van der Waals surface area contributed by atoms with E-state index < -0.39 is 17.6 Å². The van der Waals surface area contributed by atoms with Crippen molar-refractivity contribution < 1.29 is 24.2 Å². The lowest BCUT2D eigenvalue weighted by Gasteiger charge is -2.31. The summed E-state index contributed by atoms with van der Waals surface area (Å²) in [5, 5.41) is 14.2. The zero-order chi connectivity index (χ0) is 24.6. The van der Waals surface area contributed by atoms with E-state index in [-0.39, 0.29) is 24.9 Å². The highest BCUT2D eigenvalue weighted by Gasteiger charge is 2.45. The first-order chi connectivity index (χ1) is 16.9. The summed E-state index contributed by atoms with van der Waals surface area (Å²) in [6.07, 6.45) is 0.447. The summed E-state index contributed by atoms with van der Waals surface area (Å²) in [4.78, 5) is 42.6. The van der Waals surface area contributed by atoms with Gasteiger partial charge in [0.05, 0.1) is 12.1 Å². The topological polar surface area (TPSA) is 109 Å². The number of carboxylic acid groups (broad SMARTS) is 1. The van der Waals surface area contributed by atoms with Crippen LogP contribution in [0.2, 0.25) is 0 Å². The highest BCUT2D eigenvalue weighted by Crippen LogP contribution is 2.44. The van der Waals surface area contributed by atoms with Crippen LogP contribution in [0.3, 0.4) is 0 Å². The third-order valence-corrected chi connectivity index (χ3v) is 7.65. The zero-order valence-corrected chi connectivity index (χ0v) is 20.0. The summed E-state index contributed by atoms with van der Waals surface area (Å²) in [7, 11) is 0. The van der Waals surface area contributed by atoms with Gasteiger partial charge in [0.15, 0.2) is 5.13 Å². The molecule has 2 heterocycles. The van der Waals surface area contributed by atoms with E-state index in [9.17, 15) is 19.5 Å². The number of aliphatic carboxylic acids is 1. The lowest BCUT2D eigenvalue weighted by Crippen LogP contribution is -2.51. The number of aromatic nitrogens is 1.